The summed E-state index contributed by atoms with van der Waals surface area (Å²) in [4.78, 5) is 0. The largest absolute Gasteiger partial charge is 0.494 e. The summed E-state index contributed by atoms with van der Waals surface area (Å²) in [5.41, 5.74) is 7.48. The van der Waals surface area contributed by atoms with Crippen molar-refractivity contribution < 1.29 is 8.95 Å². The molecule has 0 radical (unpaired) electrons. The van der Waals surface area contributed by atoms with Gasteiger partial charge in [0, 0.05) is 27.3 Å². The fourth-order valence-corrected chi connectivity index (χ4v) is 4.06. The van der Waals surface area contributed by atoms with Crippen molar-refractivity contribution in [3.63, 3.8) is 0 Å². The highest BCUT2D eigenvalue weighted by Gasteiger charge is 2.22. The highest BCUT2D eigenvalue weighted by atomic mass is 32.2. The minimum absolute atomic E-state index is 0.362. The molecule has 100 valence electrons. The van der Waals surface area contributed by atoms with Gasteiger partial charge in [0.05, 0.1) is 12.4 Å². The summed E-state index contributed by atoms with van der Waals surface area (Å²) in [5.74, 6) is 1.38. The first-order valence-electron chi connectivity index (χ1n) is 6.59. The van der Waals surface area contributed by atoms with Crippen molar-refractivity contribution in [3.05, 3.63) is 23.8 Å². The molecule has 1 aliphatic rings. The van der Waals surface area contributed by atoms with Crippen LogP contribution in [-0.2, 0) is 16.6 Å². The first-order chi connectivity index (χ1) is 8.70. The summed E-state index contributed by atoms with van der Waals surface area (Å²) in [6.45, 7) is 2.57. The molecule has 1 unspecified atom stereocenters. The van der Waals surface area contributed by atoms with E-state index >= 15 is 0 Å². The fraction of sp³-hybridized carbons (Fsp3) is 0.571. The molecule has 1 fully saturated rings. The average Bonchev–Trinajstić information content (AvgIpc) is 2.86. The Hall–Kier alpha value is -1.03. The molecule has 1 atom stereocenters. The predicted octanol–water partition coefficient (Wildman–Crippen LogP) is 2.86. The van der Waals surface area contributed by atoms with Gasteiger partial charge in [0.15, 0.2) is 0 Å². The standard InChI is InChI=1S/C14H21NO2S/c1-2-17-14-8-7-12(15)9-11(14)10-18(16)13-5-3-4-6-13/h7-9,13H,2-6,10,15H2,1H3. The van der Waals surface area contributed by atoms with E-state index in [0.29, 0.717) is 23.3 Å². The first-order valence-corrected chi connectivity index (χ1v) is 7.97. The number of rotatable bonds is 5. The van der Waals surface area contributed by atoms with Crippen LogP contribution in [0.15, 0.2) is 18.2 Å². The van der Waals surface area contributed by atoms with Crippen LogP contribution in [0.2, 0.25) is 0 Å². The second kappa shape index (κ2) is 6.23. The van der Waals surface area contributed by atoms with E-state index < -0.39 is 10.8 Å². The van der Waals surface area contributed by atoms with Crippen LogP contribution in [0.5, 0.6) is 5.75 Å². The normalized spacial score (nSPS) is 17.8. The molecule has 0 aromatic heterocycles. The van der Waals surface area contributed by atoms with E-state index in [0.717, 1.165) is 24.2 Å². The van der Waals surface area contributed by atoms with Crippen molar-refractivity contribution in [2.24, 2.45) is 0 Å². The Morgan fingerprint density at radius 1 is 1.39 bits per heavy atom. The van der Waals surface area contributed by atoms with Gasteiger partial charge in [-0.15, -0.1) is 0 Å². The Morgan fingerprint density at radius 2 is 2.11 bits per heavy atom. The van der Waals surface area contributed by atoms with Crippen molar-refractivity contribution >= 4 is 16.5 Å². The maximum absolute atomic E-state index is 12.3. The molecule has 1 aromatic rings. The molecule has 1 aromatic carbocycles. The molecule has 18 heavy (non-hydrogen) atoms. The van der Waals surface area contributed by atoms with Gasteiger partial charge in [-0.1, -0.05) is 12.8 Å². The number of ether oxygens (including phenoxy) is 1. The maximum Gasteiger partial charge on any atom is 0.123 e. The van der Waals surface area contributed by atoms with E-state index in [2.05, 4.69) is 0 Å². The third-order valence-corrected chi connectivity index (χ3v) is 5.17. The van der Waals surface area contributed by atoms with Gasteiger partial charge in [0.25, 0.3) is 0 Å². The Kier molecular flexibility index (Phi) is 4.64. The molecule has 4 heteroatoms. The minimum Gasteiger partial charge on any atom is -0.494 e. The highest BCUT2D eigenvalue weighted by molar-refractivity contribution is 7.84. The number of benzene rings is 1. The maximum atomic E-state index is 12.3. The summed E-state index contributed by atoms with van der Waals surface area (Å²) in [6, 6.07) is 5.59. The topological polar surface area (TPSA) is 52.3 Å². The smallest absolute Gasteiger partial charge is 0.123 e. The third-order valence-electron chi connectivity index (χ3n) is 3.36. The molecule has 2 N–H and O–H groups in total. The Balaban J connectivity index is 2.11. The first kappa shape index (κ1) is 13.4. The molecule has 1 aliphatic carbocycles. The number of hydrogen-bond donors (Lipinski definition) is 1. The van der Waals surface area contributed by atoms with Crippen LogP contribution in [0.1, 0.15) is 38.2 Å². The van der Waals surface area contributed by atoms with Crippen molar-refractivity contribution in [2.75, 3.05) is 12.3 Å². The zero-order valence-corrected chi connectivity index (χ0v) is 11.7. The van der Waals surface area contributed by atoms with Crippen LogP contribution in [-0.4, -0.2) is 16.1 Å². The van der Waals surface area contributed by atoms with E-state index in [-0.39, 0.29) is 0 Å². The zero-order valence-electron chi connectivity index (χ0n) is 10.9. The monoisotopic (exact) mass is 267 g/mol. The summed E-state index contributed by atoms with van der Waals surface area (Å²) < 4.78 is 17.9. The van der Waals surface area contributed by atoms with E-state index in [1.165, 1.54) is 12.8 Å². The summed E-state index contributed by atoms with van der Waals surface area (Å²) in [5, 5.41) is 0.362. The van der Waals surface area contributed by atoms with Crippen molar-refractivity contribution in [1.29, 1.82) is 0 Å². The third kappa shape index (κ3) is 3.25. The molecule has 2 rings (SSSR count). The van der Waals surface area contributed by atoms with Crippen molar-refractivity contribution in [3.8, 4) is 5.75 Å². The lowest BCUT2D eigenvalue weighted by molar-refractivity contribution is 0.337. The van der Waals surface area contributed by atoms with Crippen LogP contribution in [0.25, 0.3) is 0 Å². The molecule has 3 nitrogen and oxygen atoms in total. The molecule has 0 spiro atoms. The highest BCUT2D eigenvalue weighted by Crippen LogP contribution is 2.28. The molecule has 0 bridgehead atoms. The van der Waals surface area contributed by atoms with Crippen LogP contribution in [0.3, 0.4) is 0 Å². The van der Waals surface area contributed by atoms with Gasteiger partial charge in [0.2, 0.25) is 0 Å². The lowest BCUT2D eigenvalue weighted by atomic mass is 10.2. The average molecular weight is 267 g/mol. The van der Waals surface area contributed by atoms with Crippen molar-refractivity contribution in [2.45, 2.75) is 43.6 Å². The molecular formula is C14H21NO2S. The molecule has 0 heterocycles. The van der Waals surface area contributed by atoms with Crippen LogP contribution in [0, 0.1) is 0 Å². The second-order valence-electron chi connectivity index (χ2n) is 4.73. The van der Waals surface area contributed by atoms with Gasteiger partial charge in [-0.25, -0.2) is 0 Å². The number of anilines is 1. The lowest BCUT2D eigenvalue weighted by Gasteiger charge is -2.13. The van der Waals surface area contributed by atoms with Gasteiger partial charge in [-0.2, -0.15) is 0 Å². The van der Waals surface area contributed by atoms with Gasteiger partial charge in [-0.05, 0) is 38.0 Å². The van der Waals surface area contributed by atoms with Crippen molar-refractivity contribution in [1.82, 2.24) is 0 Å². The van der Waals surface area contributed by atoms with Gasteiger partial charge >= 0.3 is 0 Å². The molecule has 0 saturated heterocycles. The minimum atomic E-state index is -0.804. The Labute approximate surface area is 111 Å². The van der Waals surface area contributed by atoms with Gasteiger partial charge < -0.3 is 10.5 Å². The van der Waals surface area contributed by atoms with E-state index in [1.807, 2.05) is 25.1 Å². The predicted molar refractivity (Wildman–Crippen MR) is 76.1 cm³/mol. The SMILES string of the molecule is CCOc1ccc(N)cc1CS(=O)C1CCCC1. The lowest BCUT2D eigenvalue weighted by Crippen LogP contribution is -2.13. The molecule has 1 saturated carbocycles. The molecule has 0 amide bonds. The summed E-state index contributed by atoms with van der Waals surface area (Å²) in [6.07, 6.45) is 4.62. The van der Waals surface area contributed by atoms with Gasteiger partial charge in [0.1, 0.15) is 5.75 Å². The Morgan fingerprint density at radius 3 is 2.78 bits per heavy atom. The number of hydrogen-bond acceptors (Lipinski definition) is 3. The fourth-order valence-electron chi connectivity index (χ4n) is 2.43. The van der Waals surface area contributed by atoms with Crippen LogP contribution < -0.4 is 10.5 Å². The molecular weight excluding hydrogens is 246 g/mol. The van der Waals surface area contributed by atoms with E-state index in [4.69, 9.17) is 10.5 Å². The zero-order chi connectivity index (χ0) is 13.0. The Bertz CT molecular complexity index is 428. The summed E-state index contributed by atoms with van der Waals surface area (Å²) >= 11 is 0. The number of nitrogen functional groups attached to an aromatic ring is 1. The number of nitrogens with two attached hydrogens (primary N) is 1. The van der Waals surface area contributed by atoms with Crippen LogP contribution >= 0.6 is 0 Å². The van der Waals surface area contributed by atoms with Gasteiger partial charge in [-0.3, -0.25) is 4.21 Å². The quantitative estimate of drug-likeness (QED) is 0.835. The second-order valence-corrected chi connectivity index (χ2v) is 6.45. The summed E-state index contributed by atoms with van der Waals surface area (Å²) in [7, 11) is -0.804. The molecule has 0 aliphatic heterocycles. The van der Waals surface area contributed by atoms with E-state index in [9.17, 15) is 4.21 Å². The van der Waals surface area contributed by atoms with E-state index in [1.54, 1.807) is 0 Å². The van der Waals surface area contributed by atoms with Crippen LogP contribution in [0.4, 0.5) is 5.69 Å².